The predicted octanol–water partition coefficient (Wildman–Crippen LogP) is 3.46. The number of nitrogen functional groups attached to an aromatic ring is 1. The van der Waals surface area contributed by atoms with E-state index in [1.165, 1.54) is 5.56 Å². The van der Waals surface area contributed by atoms with Gasteiger partial charge in [0.25, 0.3) is 0 Å². The topological polar surface area (TPSA) is 43.8 Å². The summed E-state index contributed by atoms with van der Waals surface area (Å²) in [5, 5.41) is 0. The molecule has 0 aliphatic carbocycles. The van der Waals surface area contributed by atoms with Crippen molar-refractivity contribution in [1.29, 1.82) is 0 Å². The van der Waals surface area contributed by atoms with Gasteiger partial charge in [-0.2, -0.15) is 0 Å². The Hall–Kier alpha value is -1.51. The number of nitrogens with zero attached hydrogens (tertiary/aromatic N) is 2. The number of nitrogens with two attached hydrogens (primary N) is 1. The number of hydrogen-bond donors (Lipinski definition) is 1. The molecule has 17 heavy (non-hydrogen) atoms. The number of benzene rings is 1. The van der Waals surface area contributed by atoms with Crippen LogP contribution in [-0.4, -0.2) is 9.55 Å². The zero-order valence-corrected chi connectivity index (χ0v) is 11.1. The molecular weight excluding hydrogens is 210 g/mol. The number of aromatic nitrogens is 2. The van der Waals surface area contributed by atoms with Gasteiger partial charge in [-0.25, -0.2) is 4.98 Å². The molecule has 1 heterocycles. The molecule has 0 atom stereocenters. The van der Waals surface area contributed by atoms with E-state index in [4.69, 9.17) is 5.73 Å². The molecule has 2 aromatic rings. The van der Waals surface area contributed by atoms with E-state index in [-0.39, 0.29) is 5.54 Å². The maximum Gasteiger partial charge on any atom is 0.201 e. The molecule has 3 heteroatoms. The number of fused-ring (bicyclic) bond motifs is 1. The quantitative estimate of drug-likeness (QED) is 0.879. The van der Waals surface area contributed by atoms with Gasteiger partial charge in [-0.15, -0.1) is 0 Å². The Labute approximate surface area is 103 Å². The first-order valence-corrected chi connectivity index (χ1v) is 6.21. The summed E-state index contributed by atoms with van der Waals surface area (Å²) in [4.78, 5) is 4.46. The monoisotopic (exact) mass is 231 g/mol. The molecule has 0 unspecified atom stereocenters. The van der Waals surface area contributed by atoms with E-state index < -0.39 is 0 Å². The molecule has 3 nitrogen and oxygen atoms in total. The van der Waals surface area contributed by atoms with Crippen LogP contribution >= 0.6 is 0 Å². The van der Waals surface area contributed by atoms with Gasteiger partial charge in [-0.3, -0.25) is 0 Å². The fraction of sp³-hybridized carbons (Fsp3) is 0.500. The van der Waals surface area contributed by atoms with Crippen LogP contribution in [0.1, 0.15) is 39.2 Å². The number of rotatable bonds is 3. The third kappa shape index (κ3) is 2.02. The highest BCUT2D eigenvalue weighted by Crippen LogP contribution is 2.30. The van der Waals surface area contributed by atoms with Crippen LogP contribution < -0.4 is 5.73 Å². The van der Waals surface area contributed by atoms with Crippen LogP contribution in [0.15, 0.2) is 18.2 Å². The van der Waals surface area contributed by atoms with Gasteiger partial charge in [-0.1, -0.05) is 19.4 Å². The van der Waals surface area contributed by atoms with Crippen LogP contribution in [0.2, 0.25) is 0 Å². The zero-order chi connectivity index (χ0) is 12.6. The highest BCUT2D eigenvalue weighted by atomic mass is 15.2. The maximum absolute atomic E-state index is 6.07. The second kappa shape index (κ2) is 4.06. The summed E-state index contributed by atoms with van der Waals surface area (Å²) in [5.41, 5.74) is 9.43. The number of aryl methyl sites for hydroxylation is 1. The Balaban J connectivity index is 2.64. The smallest absolute Gasteiger partial charge is 0.201 e. The molecular formula is C14H21N3. The summed E-state index contributed by atoms with van der Waals surface area (Å²) in [5.74, 6) is 0.615. The van der Waals surface area contributed by atoms with Crippen molar-refractivity contribution in [3.05, 3.63) is 23.8 Å². The number of hydrogen-bond acceptors (Lipinski definition) is 2. The van der Waals surface area contributed by atoms with Crippen molar-refractivity contribution in [2.45, 2.75) is 46.1 Å². The zero-order valence-electron chi connectivity index (χ0n) is 11.1. The van der Waals surface area contributed by atoms with Crippen LogP contribution in [-0.2, 0) is 5.54 Å². The van der Waals surface area contributed by atoms with E-state index in [9.17, 15) is 0 Å². The predicted molar refractivity (Wildman–Crippen MR) is 73.1 cm³/mol. The molecule has 0 saturated carbocycles. The average Bonchev–Trinajstić information content (AvgIpc) is 2.53. The second-order valence-electron chi connectivity index (χ2n) is 5.36. The summed E-state index contributed by atoms with van der Waals surface area (Å²) in [6, 6.07) is 6.32. The third-order valence-corrected chi connectivity index (χ3v) is 3.30. The lowest BCUT2D eigenvalue weighted by Gasteiger charge is -2.28. The minimum absolute atomic E-state index is 0.0167. The summed E-state index contributed by atoms with van der Waals surface area (Å²) in [6.07, 6.45) is 2.23. The minimum Gasteiger partial charge on any atom is -0.369 e. The molecule has 0 aliphatic heterocycles. The Morgan fingerprint density at radius 1 is 1.35 bits per heavy atom. The highest BCUT2D eigenvalue weighted by molar-refractivity contribution is 5.79. The average molecular weight is 231 g/mol. The molecule has 0 aliphatic rings. The van der Waals surface area contributed by atoms with Crippen molar-refractivity contribution in [1.82, 2.24) is 9.55 Å². The largest absolute Gasteiger partial charge is 0.369 e. The third-order valence-electron chi connectivity index (χ3n) is 3.30. The summed E-state index contributed by atoms with van der Waals surface area (Å²) in [7, 11) is 0. The van der Waals surface area contributed by atoms with Gasteiger partial charge in [0.2, 0.25) is 5.95 Å². The van der Waals surface area contributed by atoms with Gasteiger partial charge in [0.1, 0.15) is 0 Å². The van der Waals surface area contributed by atoms with E-state index in [0.717, 1.165) is 23.9 Å². The number of anilines is 1. The fourth-order valence-electron chi connectivity index (χ4n) is 2.57. The molecule has 0 saturated heterocycles. The van der Waals surface area contributed by atoms with Gasteiger partial charge in [-0.05, 0) is 44.9 Å². The van der Waals surface area contributed by atoms with Crippen LogP contribution in [0.25, 0.3) is 11.0 Å². The lowest BCUT2D eigenvalue weighted by atomic mass is 9.98. The van der Waals surface area contributed by atoms with Crippen LogP contribution in [0.5, 0.6) is 0 Å². The summed E-state index contributed by atoms with van der Waals surface area (Å²) in [6.45, 7) is 8.70. The SMILES string of the molecule is CCCC(C)(C)n1c(N)nc2cc(C)ccc21. The Bertz CT molecular complexity index is 538. The first-order valence-electron chi connectivity index (χ1n) is 6.21. The van der Waals surface area contributed by atoms with Gasteiger partial charge in [0.15, 0.2) is 0 Å². The van der Waals surface area contributed by atoms with E-state index in [0.29, 0.717) is 5.95 Å². The Morgan fingerprint density at radius 2 is 2.06 bits per heavy atom. The second-order valence-corrected chi connectivity index (χ2v) is 5.36. The Morgan fingerprint density at radius 3 is 2.71 bits per heavy atom. The molecule has 0 radical (unpaired) electrons. The van der Waals surface area contributed by atoms with Crippen molar-refractivity contribution in [2.75, 3.05) is 5.73 Å². The van der Waals surface area contributed by atoms with Crippen molar-refractivity contribution in [3.8, 4) is 0 Å². The van der Waals surface area contributed by atoms with E-state index in [2.05, 4.69) is 55.4 Å². The van der Waals surface area contributed by atoms with Crippen LogP contribution in [0.4, 0.5) is 5.95 Å². The van der Waals surface area contributed by atoms with E-state index in [1.807, 2.05) is 0 Å². The maximum atomic E-state index is 6.07. The molecule has 0 bridgehead atoms. The van der Waals surface area contributed by atoms with Crippen molar-refractivity contribution in [2.24, 2.45) is 0 Å². The van der Waals surface area contributed by atoms with Gasteiger partial charge < -0.3 is 10.3 Å². The molecule has 2 N–H and O–H groups in total. The van der Waals surface area contributed by atoms with Crippen LogP contribution in [0, 0.1) is 6.92 Å². The van der Waals surface area contributed by atoms with Crippen molar-refractivity contribution >= 4 is 17.0 Å². The standard InChI is InChI=1S/C14H21N3/c1-5-8-14(3,4)17-12-7-6-10(2)9-11(12)16-13(17)15/h6-7,9H,5,8H2,1-4H3,(H2,15,16). The number of imidazole rings is 1. The van der Waals surface area contributed by atoms with Crippen LogP contribution in [0.3, 0.4) is 0 Å². The molecule has 0 fully saturated rings. The molecule has 1 aromatic carbocycles. The highest BCUT2D eigenvalue weighted by Gasteiger charge is 2.24. The lowest BCUT2D eigenvalue weighted by molar-refractivity contribution is 0.338. The molecule has 1 aromatic heterocycles. The minimum atomic E-state index is 0.0167. The normalized spacial score (nSPS) is 12.2. The first kappa shape index (κ1) is 12.0. The van der Waals surface area contributed by atoms with Gasteiger partial charge >= 0.3 is 0 Å². The summed E-state index contributed by atoms with van der Waals surface area (Å²) >= 11 is 0. The molecule has 92 valence electrons. The molecule has 2 rings (SSSR count). The van der Waals surface area contributed by atoms with Gasteiger partial charge in [0, 0.05) is 5.54 Å². The fourth-order valence-corrected chi connectivity index (χ4v) is 2.57. The molecule has 0 spiro atoms. The molecule has 0 amide bonds. The van der Waals surface area contributed by atoms with E-state index >= 15 is 0 Å². The van der Waals surface area contributed by atoms with Gasteiger partial charge in [0.05, 0.1) is 11.0 Å². The summed E-state index contributed by atoms with van der Waals surface area (Å²) < 4.78 is 2.16. The van der Waals surface area contributed by atoms with Crippen molar-refractivity contribution < 1.29 is 0 Å². The van der Waals surface area contributed by atoms with E-state index in [1.54, 1.807) is 0 Å². The Kier molecular flexibility index (Phi) is 2.86. The first-order chi connectivity index (χ1) is 7.95. The van der Waals surface area contributed by atoms with Crippen molar-refractivity contribution in [3.63, 3.8) is 0 Å². The lowest BCUT2D eigenvalue weighted by Crippen LogP contribution is -2.27.